The van der Waals surface area contributed by atoms with Gasteiger partial charge in [0.2, 0.25) is 0 Å². The van der Waals surface area contributed by atoms with E-state index in [1.54, 1.807) is 7.11 Å². The molecule has 0 aliphatic carbocycles. The minimum atomic E-state index is -0.118. The van der Waals surface area contributed by atoms with E-state index in [4.69, 9.17) is 10.6 Å². The molecule has 0 saturated carbocycles. The summed E-state index contributed by atoms with van der Waals surface area (Å²) < 4.78 is 5.64. The maximum Gasteiger partial charge on any atom is 0.103 e. The Bertz CT molecular complexity index is 513. The van der Waals surface area contributed by atoms with Gasteiger partial charge in [0.1, 0.15) is 6.10 Å². The van der Waals surface area contributed by atoms with Gasteiger partial charge >= 0.3 is 0 Å². The topological polar surface area (TPSA) is 47.3 Å². The highest BCUT2D eigenvalue weighted by molar-refractivity contribution is 5.29. The van der Waals surface area contributed by atoms with Crippen LogP contribution in [0.25, 0.3) is 0 Å². The van der Waals surface area contributed by atoms with Crippen molar-refractivity contribution >= 4 is 0 Å². The molecule has 0 spiro atoms. The third kappa shape index (κ3) is 3.20. The second-order valence-electron chi connectivity index (χ2n) is 4.63. The van der Waals surface area contributed by atoms with Gasteiger partial charge in [0, 0.05) is 7.11 Å². The SMILES string of the molecule is COC(c1ccccc1)C(NN)c1cccc(C)c1. The van der Waals surface area contributed by atoms with Crippen LogP contribution in [-0.2, 0) is 4.74 Å². The molecule has 0 aromatic heterocycles. The minimum absolute atomic E-state index is 0.0766. The standard InChI is InChI=1S/C16H20N2O/c1-12-7-6-10-14(11-12)15(18-17)16(19-2)13-8-4-3-5-9-13/h3-11,15-16,18H,17H2,1-2H3. The number of hydrazine groups is 1. The van der Waals surface area contributed by atoms with Crippen LogP contribution in [0.4, 0.5) is 0 Å². The Morgan fingerprint density at radius 2 is 1.68 bits per heavy atom. The van der Waals surface area contributed by atoms with Crippen molar-refractivity contribution in [1.29, 1.82) is 0 Å². The molecule has 2 rings (SSSR count). The van der Waals surface area contributed by atoms with Gasteiger partial charge in [0.15, 0.2) is 0 Å². The molecular formula is C16H20N2O. The van der Waals surface area contributed by atoms with Gasteiger partial charge in [-0.2, -0.15) is 0 Å². The zero-order chi connectivity index (χ0) is 13.7. The van der Waals surface area contributed by atoms with Gasteiger partial charge in [-0.25, -0.2) is 0 Å². The largest absolute Gasteiger partial charge is 0.375 e. The minimum Gasteiger partial charge on any atom is -0.375 e. The molecule has 0 heterocycles. The quantitative estimate of drug-likeness (QED) is 0.639. The fraction of sp³-hybridized carbons (Fsp3) is 0.250. The second-order valence-corrected chi connectivity index (χ2v) is 4.63. The Hall–Kier alpha value is -1.68. The van der Waals surface area contributed by atoms with Crippen LogP contribution in [0.15, 0.2) is 54.6 Å². The molecule has 2 atom stereocenters. The molecule has 2 aromatic rings. The Kier molecular flexibility index (Phi) is 4.68. The van der Waals surface area contributed by atoms with Gasteiger partial charge in [-0.3, -0.25) is 11.3 Å². The zero-order valence-corrected chi connectivity index (χ0v) is 11.3. The Labute approximate surface area is 114 Å². The van der Waals surface area contributed by atoms with Gasteiger partial charge in [-0.05, 0) is 18.1 Å². The first-order valence-corrected chi connectivity index (χ1v) is 6.36. The van der Waals surface area contributed by atoms with E-state index in [2.05, 4.69) is 30.5 Å². The maximum absolute atomic E-state index is 5.74. The molecule has 2 aromatic carbocycles. The van der Waals surface area contributed by atoms with Crippen molar-refractivity contribution in [1.82, 2.24) is 5.43 Å². The maximum atomic E-state index is 5.74. The number of nitrogens with one attached hydrogen (secondary N) is 1. The number of hydrogen-bond donors (Lipinski definition) is 2. The number of methoxy groups -OCH3 is 1. The van der Waals surface area contributed by atoms with E-state index in [9.17, 15) is 0 Å². The molecule has 19 heavy (non-hydrogen) atoms. The highest BCUT2D eigenvalue weighted by atomic mass is 16.5. The van der Waals surface area contributed by atoms with Crippen LogP contribution in [0.2, 0.25) is 0 Å². The average Bonchev–Trinajstić information content (AvgIpc) is 2.45. The number of nitrogens with two attached hydrogens (primary N) is 1. The first-order valence-electron chi connectivity index (χ1n) is 6.36. The van der Waals surface area contributed by atoms with Crippen molar-refractivity contribution < 1.29 is 4.74 Å². The summed E-state index contributed by atoms with van der Waals surface area (Å²) in [4.78, 5) is 0. The van der Waals surface area contributed by atoms with Crippen molar-refractivity contribution in [2.24, 2.45) is 5.84 Å². The molecule has 3 nitrogen and oxygen atoms in total. The number of benzene rings is 2. The van der Waals surface area contributed by atoms with Crippen LogP contribution in [0.1, 0.15) is 28.8 Å². The fourth-order valence-electron chi connectivity index (χ4n) is 2.33. The summed E-state index contributed by atoms with van der Waals surface area (Å²) in [5, 5.41) is 0. The fourth-order valence-corrected chi connectivity index (χ4v) is 2.33. The van der Waals surface area contributed by atoms with E-state index in [-0.39, 0.29) is 12.1 Å². The van der Waals surface area contributed by atoms with Gasteiger partial charge in [-0.1, -0.05) is 60.2 Å². The Morgan fingerprint density at radius 3 is 2.26 bits per heavy atom. The van der Waals surface area contributed by atoms with Crippen molar-refractivity contribution in [3.63, 3.8) is 0 Å². The van der Waals surface area contributed by atoms with Crippen LogP contribution in [0.3, 0.4) is 0 Å². The molecule has 0 bridgehead atoms. The molecule has 0 radical (unpaired) electrons. The normalized spacial score (nSPS) is 14.1. The van der Waals surface area contributed by atoms with Crippen LogP contribution in [-0.4, -0.2) is 7.11 Å². The summed E-state index contributed by atoms with van der Waals surface area (Å²) >= 11 is 0. The van der Waals surface area contributed by atoms with E-state index < -0.39 is 0 Å². The first kappa shape index (κ1) is 13.7. The van der Waals surface area contributed by atoms with E-state index in [0.29, 0.717) is 0 Å². The predicted octanol–water partition coefficient (Wildman–Crippen LogP) is 2.89. The molecule has 100 valence electrons. The lowest BCUT2D eigenvalue weighted by Gasteiger charge is -2.26. The van der Waals surface area contributed by atoms with E-state index in [0.717, 1.165) is 11.1 Å². The Morgan fingerprint density at radius 1 is 1.00 bits per heavy atom. The van der Waals surface area contributed by atoms with Gasteiger partial charge < -0.3 is 4.74 Å². The van der Waals surface area contributed by atoms with E-state index >= 15 is 0 Å². The van der Waals surface area contributed by atoms with Crippen LogP contribution in [0.5, 0.6) is 0 Å². The van der Waals surface area contributed by atoms with Crippen molar-refractivity contribution in [2.45, 2.75) is 19.1 Å². The lowest BCUT2D eigenvalue weighted by Crippen LogP contribution is -2.33. The van der Waals surface area contributed by atoms with E-state index in [1.807, 2.05) is 36.4 Å². The molecule has 0 aliphatic heterocycles. The lowest BCUT2D eigenvalue weighted by molar-refractivity contribution is 0.0676. The second kappa shape index (κ2) is 6.48. The number of aryl methyl sites for hydroxylation is 1. The average molecular weight is 256 g/mol. The van der Waals surface area contributed by atoms with Crippen molar-refractivity contribution in [3.8, 4) is 0 Å². The van der Waals surface area contributed by atoms with Crippen LogP contribution >= 0.6 is 0 Å². The smallest absolute Gasteiger partial charge is 0.103 e. The molecule has 0 saturated heterocycles. The lowest BCUT2D eigenvalue weighted by atomic mass is 9.95. The first-order chi connectivity index (χ1) is 9.26. The van der Waals surface area contributed by atoms with Crippen molar-refractivity contribution in [2.75, 3.05) is 7.11 Å². The summed E-state index contributed by atoms with van der Waals surface area (Å²) in [6.07, 6.45) is -0.118. The predicted molar refractivity (Wildman–Crippen MR) is 77.4 cm³/mol. The highest BCUT2D eigenvalue weighted by Crippen LogP contribution is 2.31. The molecular weight excluding hydrogens is 236 g/mol. The van der Waals surface area contributed by atoms with Gasteiger partial charge in [-0.15, -0.1) is 0 Å². The third-order valence-corrected chi connectivity index (χ3v) is 3.27. The third-order valence-electron chi connectivity index (χ3n) is 3.27. The van der Waals surface area contributed by atoms with E-state index in [1.165, 1.54) is 5.56 Å². The molecule has 3 heteroatoms. The van der Waals surface area contributed by atoms with Crippen LogP contribution < -0.4 is 11.3 Å². The number of rotatable bonds is 5. The molecule has 0 aliphatic rings. The molecule has 3 N–H and O–H groups in total. The monoisotopic (exact) mass is 256 g/mol. The summed E-state index contributed by atoms with van der Waals surface area (Å²) in [6.45, 7) is 2.07. The molecule has 2 unspecified atom stereocenters. The zero-order valence-electron chi connectivity index (χ0n) is 11.3. The van der Waals surface area contributed by atoms with Crippen LogP contribution in [0, 0.1) is 6.92 Å². The molecule has 0 amide bonds. The summed E-state index contributed by atoms with van der Waals surface area (Å²) in [7, 11) is 1.71. The highest BCUT2D eigenvalue weighted by Gasteiger charge is 2.23. The number of hydrogen-bond acceptors (Lipinski definition) is 3. The molecule has 0 fully saturated rings. The summed E-state index contributed by atoms with van der Waals surface area (Å²) in [6, 6.07) is 18.3. The van der Waals surface area contributed by atoms with Crippen molar-refractivity contribution in [3.05, 3.63) is 71.3 Å². The van der Waals surface area contributed by atoms with Gasteiger partial charge in [0.05, 0.1) is 6.04 Å². The summed E-state index contributed by atoms with van der Waals surface area (Å²) in [5.41, 5.74) is 6.31. The number of ether oxygens (including phenoxy) is 1. The summed E-state index contributed by atoms with van der Waals surface area (Å²) in [5.74, 6) is 5.74. The van der Waals surface area contributed by atoms with Gasteiger partial charge in [0.25, 0.3) is 0 Å². The Balaban J connectivity index is 2.34.